The molecule has 5 nitrogen and oxygen atoms in total. The molecule has 132 valence electrons. The van der Waals surface area contributed by atoms with Crippen molar-refractivity contribution < 1.29 is 23.8 Å². The van der Waals surface area contributed by atoms with Crippen molar-refractivity contribution in [1.29, 1.82) is 0 Å². The SMILES string of the molecule is CCCOC(=O)c1ccc(COc2cccc(C(=O)OCC)c2)cc1. The van der Waals surface area contributed by atoms with Crippen molar-refractivity contribution in [2.75, 3.05) is 13.2 Å². The first-order chi connectivity index (χ1) is 12.1. The van der Waals surface area contributed by atoms with Gasteiger partial charge in [0.15, 0.2) is 0 Å². The fraction of sp³-hybridized carbons (Fsp3) is 0.300. The third-order valence-electron chi connectivity index (χ3n) is 3.38. The van der Waals surface area contributed by atoms with E-state index >= 15 is 0 Å². The second-order valence-corrected chi connectivity index (χ2v) is 5.37. The molecule has 2 aromatic rings. The Morgan fingerprint density at radius 2 is 1.60 bits per heavy atom. The molecule has 0 aliphatic rings. The topological polar surface area (TPSA) is 61.8 Å². The molecule has 0 saturated heterocycles. The van der Waals surface area contributed by atoms with Gasteiger partial charge in [0.1, 0.15) is 12.4 Å². The third kappa shape index (κ3) is 5.64. The summed E-state index contributed by atoms with van der Waals surface area (Å²) in [6.07, 6.45) is 0.794. The molecule has 5 heteroatoms. The largest absolute Gasteiger partial charge is 0.489 e. The molecule has 0 fully saturated rings. The molecule has 0 amide bonds. The van der Waals surface area contributed by atoms with Gasteiger partial charge in [0.2, 0.25) is 0 Å². The summed E-state index contributed by atoms with van der Waals surface area (Å²) in [4.78, 5) is 23.5. The van der Waals surface area contributed by atoms with Crippen molar-refractivity contribution in [2.45, 2.75) is 26.9 Å². The van der Waals surface area contributed by atoms with Gasteiger partial charge in [0.05, 0.1) is 24.3 Å². The Kier molecular flexibility index (Phi) is 7.01. The van der Waals surface area contributed by atoms with E-state index in [0.717, 1.165) is 12.0 Å². The van der Waals surface area contributed by atoms with Crippen molar-refractivity contribution in [2.24, 2.45) is 0 Å². The van der Waals surface area contributed by atoms with Crippen LogP contribution in [-0.4, -0.2) is 25.2 Å². The molecule has 0 N–H and O–H groups in total. The predicted octanol–water partition coefficient (Wildman–Crippen LogP) is 4.01. The van der Waals surface area contributed by atoms with Gasteiger partial charge < -0.3 is 14.2 Å². The van der Waals surface area contributed by atoms with Gasteiger partial charge in [-0.3, -0.25) is 0 Å². The van der Waals surface area contributed by atoms with Crippen LogP contribution in [0.3, 0.4) is 0 Å². The van der Waals surface area contributed by atoms with Crippen molar-refractivity contribution in [3.8, 4) is 5.75 Å². The number of carbonyl (C=O) groups excluding carboxylic acids is 2. The van der Waals surface area contributed by atoms with Crippen molar-refractivity contribution in [3.05, 3.63) is 65.2 Å². The maximum Gasteiger partial charge on any atom is 0.338 e. The van der Waals surface area contributed by atoms with Gasteiger partial charge in [-0.2, -0.15) is 0 Å². The van der Waals surface area contributed by atoms with Gasteiger partial charge in [-0.15, -0.1) is 0 Å². The second-order valence-electron chi connectivity index (χ2n) is 5.37. The monoisotopic (exact) mass is 342 g/mol. The molecule has 0 heterocycles. The van der Waals surface area contributed by atoms with Crippen LogP contribution in [0.15, 0.2) is 48.5 Å². The Morgan fingerprint density at radius 1 is 0.880 bits per heavy atom. The van der Waals surface area contributed by atoms with Crippen LogP contribution in [0, 0.1) is 0 Å². The Labute approximate surface area is 147 Å². The van der Waals surface area contributed by atoms with Gasteiger partial charge in [-0.1, -0.05) is 25.1 Å². The Morgan fingerprint density at radius 3 is 2.28 bits per heavy atom. The maximum absolute atomic E-state index is 11.8. The first kappa shape index (κ1) is 18.5. The van der Waals surface area contributed by atoms with Crippen LogP contribution in [-0.2, 0) is 16.1 Å². The molecule has 25 heavy (non-hydrogen) atoms. The van der Waals surface area contributed by atoms with E-state index in [-0.39, 0.29) is 11.9 Å². The molecule has 0 aliphatic carbocycles. The summed E-state index contributed by atoms with van der Waals surface area (Å²) < 4.78 is 15.8. The molecule has 0 saturated carbocycles. The maximum atomic E-state index is 11.8. The number of carbonyl (C=O) groups is 2. The minimum absolute atomic E-state index is 0.323. The number of hydrogen-bond acceptors (Lipinski definition) is 5. The molecule has 2 aromatic carbocycles. The lowest BCUT2D eigenvalue weighted by atomic mass is 10.1. The van der Waals surface area contributed by atoms with Crippen molar-refractivity contribution in [3.63, 3.8) is 0 Å². The summed E-state index contributed by atoms with van der Waals surface area (Å²) >= 11 is 0. The fourth-order valence-electron chi connectivity index (χ4n) is 2.11. The van der Waals surface area contributed by atoms with Crippen LogP contribution < -0.4 is 4.74 Å². The highest BCUT2D eigenvalue weighted by Crippen LogP contribution is 2.16. The first-order valence-electron chi connectivity index (χ1n) is 8.30. The number of ether oxygens (including phenoxy) is 3. The van der Waals surface area contributed by atoms with Gasteiger partial charge in [0.25, 0.3) is 0 Å². The lowest BCUT2D eigenvalue weighted by molar-refractivity contribution is 0.0501. The summed E-state index contributed by atoms with van der Waals surface area (Å²) in [6, 6.07) is 13.9. The van der Waals surface area contributed by atoms with E-state index in [1.54, 1.807) is 43.3 Å². The predicted molar refractivity (Wildman–Crippen MR) is 93.7 cm³/mol. The van der Waals surface area contributed by atoms with Gasteiger partial charge in [0, 0.05) is 0 Å². The molecular formula is C20H22O5. The molecule has 0 atom stereocenters. The van der Waals surface area contributed by atoms with E-state index in [1.165, 1.54) is 0 Å². The van der Waals surface area contributed by atoms with E-state index in [2.05, 4.69) is 0 Å². The fourth-order valence-corrected chi connectivity index (χ4v) is 2.11. The van der Waals surface area contributed by atoms with Crippen molar-refractivity contribution in [1.82, 2.24) is 0 Å². The molecule has 0 aliphatic heterocycles. The molecule has 0 bridgehead atoms. The van der Waals surface area contributed by atoms with E-state index in [0.29, 0.717) is 36.7 Å². The zero-order valence-electron chi connectivity index (χ0n) is 14.5. The molecule has 0 aromatic heterocycles. The van der Waals surface area contributed by atoms with E-state index in [1.807, 2.05) is 19.1 Å². The first-order valence-corrected chi connectivity index (χ1v) is 8.30. The lowest BCUT2D eigenvalue weighted by Crippen LogP contribution is -2.06. The van der Waals surface area contributed by atoms with Crippen LogP contribution in [0.1, 0.15) is 46.5 Å². The summed E-state index contributed by atoms with van der Waals surface area (Å²) in [5, 5.41) is 0. The highest BCUT2D eigenvalue weighted by atomic mass is 16.5. The highest BCUT2D eigenvalue weighted by molar-refractivity contribution is 5.90. The number of esters is 2. The average molecular weight is 342 g/mol. The molecule has 0 spiro atoms. The summed E-state index contributed by atoms with van der Waals surface area (Å²) in [7, 11) is 0. The normalized spacial score (nSPS) is 10.2. The minimum Gasteiger partial charge on any atom is -0.489 e. The minimum atomic E-state index is -0.372. The van der Waals surface area contributed by atoms with Gasteiger partial charge >= 0.3 is 11.9 Å². The van der Waals surface area contributed by atoms with Gasteiger partial charge in [-0.25, -0.2) is 9.59 Å². The number of benzene rings is 2. The summed E-state index contributed by atoms with van der Waals surface area (Å²) in [6.45, 7) is 4.79. The Balaban J connectivity index is 1.94. The van der Waals surface area contributed by atoms with Gasteiger partial charge in [-0.05, 0) is 49.2 Å². The molecule has 0 radical (unpaired) electrons. The molecule has 2 rings (SSSR count). The highest BCUT2D eigenvalue weighted by Gasteiger charge is 2.08. The van der Waals surface area contributed by atoms with E-state index in [4.69, 9.17) is 14.2 Å². The summed E-state index contributed by atoms with van der Waals surface area (Å²) in [5.41, 5.74) is 1.88. The average Bonchev–Trinajstić information content (AvgIpc) is 2.65. The molecular weight excluding hydrogens is 320 g/mol. The van der Waals surface area contributed by atoms with Crippen molar-refractivity contribution >= 4 is 11.9 Å². The lowest BCUT2D eigenvalue weighted by Gasteiger charge is -2.09. The van der Waals surface area contributed by atoms with E-state index in [9.17, 15) is 9.59 Å². The van der Waals surface area contributed by atoms with E-state index < -0.39 is 0 Å². The Hall–Kier alpha value is -2.82. The second kappa shape index (κ2) is 9.47. The zero-order valence-corrected chi connectivity index (χ0v) is 14.5. The van der Waals surface area contributed by atoms with Crippen LogP contribution in [0.2, 0.25) is 0 Å². The standard InChI is InChI=1S/C20H22O5/c1-3-12-24-19(21)16-10-8-15(9-11-16)14-25-18-7-5-6-17(13-18)20(22)23-4-2/h5-11,13H,3-4,12,14H2,1-2H3. The van der Waals surface area contributed by atoms with Crippen LogP contribution in [0.5, 0.6) is 5.75 Å². The number of hydrogen-bond donors (Lipinski definition) is 0. The quantitative estimate of drug-likeness (QED) is 0.678. The number of rotatable bonds is 8. The van der Waals surface area contributed by atoms with Crippen LogP contribution in [0.25, 0.3) is 0 Å². The molecule has 0 unspecified atom stereocenters. The smallest absolute Gasteiger partial charge is 0.338 e. The van der Waals surface area contributed by atoms with Crippen LogP contribution >= 0.6 is 0 Å². The van der Waals surface area contributed by atoms with Crippen LogP contribution in [0.4, 0.5) is 0 Å². The third-order valence-corrected chi connectivity index (χ3v) is 3.38. The zero-order chi connectivity index (χ0) is 18.1. The Bertz CT molecular complexity index is 706. The summed E-state index contributed by atoms with van der Waals surface area (Å²) in [5.74, 6) is -0.115.